The van der Waals surface area contributed by atoms with Crippen LogP contribution in [0.4, 0.5) is 10.5 Å². The number of piperidine rings is 1. The van der Waals surface area contributed by atoms with Crippen LogP contribution in [-0.2, 0) is 4.79 Å². The number of carboxylic acids is 1. The van der Waals surface area contributed by atoms with E-state index in [1.165, 1.54) is 4.90 Å². The number of nitrogens with one attached hydrogen (secondary N) is 1. The summed E-state index contributed by atoms with van der Waals surface area (Å²) in [6, 6.07) is 4.48. The van der Waals surface area contributed by atoms with Gasteiger partial charge in [-0.2, -0.15) is 0 Å². The van der Waals surface area contributed by atoms with Gasteiger partial charge in [0.1, 0.15) is 6.04 Å². The number of carbonyl (C=O) groups is 2. The molecule has 1 unspecified atom stereocenters. The third-order valence-electron chi connectivity index (χ3n) is 3.48. The van der Waals surface area contributed by atoms with Crippen LogP contribution in [0.2, 0.25) is 0 Å². The second kappa shape index (κ2) is 6.26. The van der Waals surface area contributed by atoms with Crippen molar-refractivity contribution in [1.29, 1.82) is 0 Å². The van der Waals surface area contributed by atoms with Gasteiger partial charge in [0.05, 0.1) is 0 Å². The monoisotopic (exact) mass is 340 g/mol. The van der Waals surface area contributed by atoms with Crippen molar-refractivity contribution in [1.82, 2.24) is 4.90 Å². The van der Waals surface area contributed by atoms with E-state index in [1.54, 1.807) is 6.07 Å². The number of hydrogen-bond donors (Lipinski definition) is 2. The van der Waals surface area contributed by atoms with E-state index in [1.807, 2.05) is 19.1 Å². The zero-order chi connectivity index (χ0) is 14.7. The zero-order valence-corrected chi connectivity index (χ0v) is 12.8. The zero-order valence-electron chi connectivity index (χ0n) is 11.2. The number of anilines is 1. The molecule has 1 saturated heterocycles. The summed E-state index contributed by atoms with van der Waals surface area (Å²) < 4.78 is 0.939. The van der Waals surface area contributed by atoms with Gasteiger partial charge in [-0.05, 0) is 49.9 Å². The highest BCUT2D eigenvalue weighted by molar-refractivity contribution is 9.10. The summed E-state index contributed by atoms with van der Waals surface area (Å²) in [7, 11) is 0. The van der Waals surface area contributed by atoms with Crippen molar-refractivity contribution >= 4 is 33.6 Å². The summed E-state index contributed by atoms with van der Waals surface area (Å²) in [5.74, 6) is -0.938. The van der Waals surface area contributed by atoms with Gasteiger partial charge in [-0.1, -0.05) is 15.9 Å². The molecule has 2 amide bonds. The van der Waals surface area contributed by atoms with Gasteiger partial charge in [0.25, 0.3) is 0 Å². The lowest BCUT2D eigenvalue weighted by atomic mass is 10.0. The van der Waals surface area contributed by atoms with E-state index in [0.29, 0.717) is 18.7 Å². The Bertz CT molecular complexity index is 533. The van der Waals surface area contributed by atoms with Crippen molar-refractivity contribution in [2.75, 3.05) is 11.9 Å². The number of carboxylic acid groups (broad SMARTS) is 1. The fourth-order valence-corrected chi connectivity index (χ4v) is 2.86. The Balaban J connectivity index is 2.12. The number of aliphatic carboxylic acids is 1. The van der Waals surface area contributed by atoms with Crippen LogP contribution < -0.4 is 5.32 Å². The maximum absolute atomic E-state index is 12.3. The van der Waals surface area contributed by atoms with Gasteiger partial charge >= 0.3 is 12.0 Å². The molecule has 1 fully saturated rings. The fraction of sp³-hybridized carbons (Fsp3) is 0.429. The lowest BCUT2D eigenvalue weighted by Crippen LogP contribution is -2.49. The first-order valence-corrected chi connectivity index (χ1v) is 7.35. The van der Waals surface area contributed by atoms with E-state index >= 15 is 0 Å². The quantitative estimate of drug-likeness (QED) is 0.868. The number of rotatable bonds is 2. The molecule has 5 nitrogen and oxygen atoms in total. The largest absolute Gasteiger partial charge is 0.480 e. The topological polar surface area (TPSA) is 69.6 Å². The van der Waals surface area contributed by atoms with E-state index in [2.05, 4.69) is 21.2 Å². The van der Waals surface area contributed by atoms with Crippen LogP contribution >= 0.6 is 15.9 Å². The molecule has 0 aliphatic carbocycles. The molecule has 1 heterocycles. The summed E-state index contributed by atoms with van der Waals surface area (Å²) in [4.78, 5) is 24.9. The van der Waals surface area contributed by atoms with Gasteiger partial charge in [-0.3, -0.25) is 0 Å². The Labute approximate surface area is 126 Å². The molecule has 0 saturated carbocycles. The van der Waals surface area contributed by atoms with Gasteiger partial charge in [0.15, 0.2) is 0 Å². The minimum Gasteiger partial charge on any atom is -0.480 e. The third kappa shape index (κ3) is 3.30. The predicted molar refractivity (Wildman–Crippen MR) is 79.9 cm³/mol. The molecular formula is C14H17BrN2O3. The Morgan fingerprint density at radius 3 is 2.80 bits per heavy atom. The maximum atomic E-state index is 12.3. The molecule has 20 heavy (non-hydrogen) atoms. The molecule has 1 aliphatic heterocycles. The van der Waals surface area contributed by atoms with Crippen molar-refractivity contribution in [3.63, 3.8) is 0 Å². The average Bonchev–Trinajstić information content (AvgIpc) is 2.41. The van der Waals surface area contributed by atoms with E-state index in [4.69, 9.17) is 0 Å². The van der Waals surface area contributed by atoms with Crippen LogP contribution in [0.25, 0.3) is 0 Å². The van der Waals surface area contributed by atoms with Crippen LogP contribution in [0.3, 0.4) is 0 Å². The summed E-state index contributed by atoms with van der Waals surface area (Å²) in [5, 5.41) is 12.0. The molecule has 0 bridgehead atoms. The summed E-state index contributed by atoms with van der Waals surface area (Å²) in [5.41, 5.74) is 1.63. The normalized spacial score (nSPS) is 18.7. The first-order chi connectivity index (χ1) is 9.49. The van der Waals surface area contributed by atoms with Gasteiger partial charge in [-0.15, -0.1) is 0 Å². The predicted octanol–water partition coefficient (Wildman–Crippen LogP) is 3.23. The first kappa shape index (κ1) is 14.8. The minimum atomic E-state index is -0.938. The number of aryl methyl sites for hydroxylation is 1. The summed E-state index contributed by atoms with van der Waals surface area (Å²) in [6.45, 7) is 2.38. The molecule has 1 aromatic rings. The highest BCUT2D eigenvalue weighted by atomic mass is 79.9. The smallest absolute Gasteiger partial charge is 0.326 e. The highest BCUT2D eigenvalue weighted by Gasteiger charge is 2.32. The van der Waals surface area contributed by atoms with Crippen LogP contribution in [0.5, 0.6) is 0 Å². The molecule has 0 aromatic heterocycles. The summed E-state index contributed by atoms with van der Waals surface area (Å²) in [6.07, 6.45) is 2.21. The Morgan fingerprint density at radius 1 is 1.40 bits per heavy atom. The molecule has 0 spiro atoms. The van der Waals surface area contributed by atoms with Crippen LogP contribution in [0, 0.1) is 6.92 Å². The van der Waals surface area contributed by atoms with Crippen LogP contribution in [0.15, 0.2) is 22.7 Å². The average molecular weight is 341 g/mol. The molecule has 6 heteroatoms. The Kier molecular flexibility index (Phi) is 4.65. The molecule has 1 atom stereocenters. The third-order valence-corrected chi connectivity index (χ3v) is 3.97. The van der Waals surface area contributed by atoms with E-state index in [-0.39, 0.29) is 6.03 Å². The fourth-order valence-electron chi connectivity index (χ4n) is 2.39. The van der Waals surface area contributed by atoms with E-state index in [9.17, 15) is 14.7 Å². The number of amides is 2. The highest BCUT2D eigenvalue weighted by Crippen LogP contribution is 2.22. The molecule has 108 valence electrons. The van der Waals surface area contributed by atoms with Crippen LogP contribution in [0.1, 0.15) is 24.8 Å². The number of benzene rings is 1. The van der Waals surface area contributed by atoms with Gasteiger partial charge in [0, 0.05) is 16.7 Å². The number of hydrogen-bond acceptors (Lipinski definition) is 2. The van der Waals surface area contributed by atoms with E-state index in [0.717, 1.165) is 22.9 Å². The Hall–Kier alpha value is -1.56. The Morgan fingerprint density at radius 2 is 2.15 bits per heavy atom. The first-order valence-electron chi connectivity index (χ1n) is 6.55. The molecule has 1 aliphatic rings. The molecule has 1 aromatic carbocycles. The molecule has 2 N–H and O–H groups in total. The van der Waals surface area contributed by atoms with Crippen molar-refractivity contribution in [2.24, 2.45) is 0 Å². The minimum absolute atomic E-state index is 0.345. The molecule has 2 rings (SSSR count). The standard InChI is InChI=1S/C14H17BrN2O3/c1-9-8-10(15)5-6-11(9)16-14(20)17-7-3-2-4-12(17)13(18)19/h5-6,8,12H,2-4,7H2,1H3,(H,16,20)(H,18,19). The van der Waals surface area contributed by atoms with Gasteiger partial charge in [0.2, 0.25) is 0 Å². The lowest BCUT2D eigenvalue weighted by molar-refractivity contribution is -0.143. The number of urea groups is 1. The second-order valence-electron chi connectivity index (χ2n) is 4.93. The van der Waals surface area contributed by atoms with Crippen molar-refractivity contribution in [3.05, 3.63) is 28.2 Å². The molecule has 0 radical (unpaired) electrons. The van der Waals surface area contributed by atoms with Crippen molar-refractivity contribution < 1.29 is 14.7 Å². The molecular weight excluding hydrogens is 324 g/mol. The maximum Gasteiger partial charge on any atom is 0.326 e. The second-order valence-corrected chi connectivity index (χ2v) is 5.85. The summed E-state index contributed by atoms with van der Waals surface area (Å²) >= 11 is 3.37. The number of carbonyl (C=O) groups excluding carboxylic acids is 1. The van der Waals surface area contributed by atoms with Crippen LogP contribution in [-0.4, -0.2) is 34.6 Å². The van der Waals surface area contributed by atoms with Crippen molar-refractivity contribution in [2.45, 2.75) is 32.2 Å². The van der Waals surface area contributed by atoms with Gasteiger partial charge < -0.3 is 15.3 Å². The van der Waals surface area contributed by atoms with E-state index < -0.39 is 12.0 Å². The number of nitrogens with zero attached hydrogens (tertiary/aromatic N) is 1. The lowest BCUT2D eigenvalue weighted by Gasteiger charge is -2.33. The number of halogens is 1. The SMILES string of the molecule is Cc1cc(Br)ccc1NC(=O)N1CCCCC1C(=O)O. The number of likely N-dealkylation sites (tertiary alicyclic amines) is 1. The van der Waals surface area contributed by atoms with Crippen molar-refractivity contribution in [3.8, 4) is 0 Å². The van der Waals surface area contributed by atoms with Gasteiger partial charge in [-0.25, -0.2) is 9.59 Å².